The van der Waals surface area contributed by atoms with Crippen LogP contribution in [0, 0.1) is 0 Å². The van der Waals surface area contributed by atoms with E-state index < -0.39 is 0 Å². The van der Waals surface area contributed by atoms with Crippen molar-refractivity contribution in [1.82, 2.24) is 10.2 Å². The molecule has 0 aromatic carbocycles. The van der Waals surface area contributed by atoms with Crippen LogP contribution in [0.5, 0.6) is 0 Å². The summed E-state index contributed by atoms with van der Waals surface area (Å²) in [6.07, 6.45) is 8.30. The lowest BCUT2D eigenvalue weighted by Gasteiger charge is -2.25. The molecule has 0 aromatic heterocycles. The predicted molar refractivity (Wildman–Crippen MR) is 76.5 cm³/mol. The molecule has 0 amide bonds. The van der Waals surface area contributed by atoms with Crippen molar-refractivity contribution in [2.75, 3.05) is 13.1 Å². The van der Waals surface area contributed by atoms with Crippen LogP contribution in [-0.2, 0) is 0 Å². The van der Waals surface area contributed by atoms with E-state index in [0.29, 0.717) is 6.04 Å². The molecule has 0 spiro atoms. The van der Waals surface area contributed by atoms with Gasteiger partial charge in [0, 0.05) is 31.2 Å². The Balaban J connectivity index is 2.14. The van der Waals surface area contributed by atoms with E-state index in [9.17, 15) is 0 Å². The van der Waals surface area contributed by atoms with Gasteiger partial charge < -0.3 is 5.32 Å². The lowest BCUT2D eigenvalue weighted by Crippen LogP contribution is -2.39. The smallest absolute Gasteiger partial charge is 0.0209 e. The van der Waals surface area contributed by atoms with Crippen LogP contribution >= 0.6 is 0 Å². The number of nitrogens with zero attached hydrogens (tertiary/aromatic N) is 1. The van der Waals surface area contributed by atoms with Gasteiger partial charge in [0.25, 0.3) is 0 Å². The molecule has 2 heteroatoms. The van der Waals surface area contributed by atoms with Gasteiger partial charge in [-0.05, 0) is 19.8 Å². The van der Waals surface area contributed by atoms with Crippen molar-refractivity contribution in [3.63, 3.8) is 0 Å². The summed E-state index contributed by atoms with van der Waals surface area (Å²) in [5.41, 5.74) is 0. The molecule has 1 heterocycles. The third kappa shape index (κ3) is 5.87. The fourth-order valence-corrected chi connectivity index (χ4v) is 2.84. The minimum absolute atomic E-state index is 0.625. The summed E-state index contributed by atoms with van der Waals surface area (Å²) < 4.78 is 0. The Hall–Kier alpha value is -0.0800. The molecule has 1 aliphatic rings. The zero-order valence-electron chi connectivity index (χ0n) is 12.3. The van der Waals surface area contributed by atoms with Crippen molar-refractivity contribution in [3.8, 4) is 0 Å². The van der Waals surface area contributed by atoms with Crippen LogP contribution in [-0.4, -0.2) is 36.1 Å². The number of rotatable bonds is 8. The second-order valence-electron chi connectivity index (χ2n) is 6.00. The van der Waals surface area contributed by atoms with Crippen LogP contribution in [0.4, 0.5) is 0 Å². The van der Waals surface area contributed by atoms with E-state index >= 15 is 0 Å². The molecule has 0 bridgehead atoms. The molecule has 1 rings (SSSR count). The summed E-state index contributed by atoms with van der Waals surface area (Å²) in [7, 11) is 0. The molecule has 102 valence electrons. The highest BCUT2D eigenvalue weighted by Crippen LogP contribution is 2.17. The molecule has 0 aromatic rings. The largest absolute Gasteiger partial charge is 0.310 e. The van der Waals surface area contributed by atoms with E-state index in [-0.39, 0.29) is 0 Å². The molecule has 1 saturated heterocycles. The predicted octanol–water partition coefficient (Wildman–Crippen LogP) is 3.42. The quantitative estimate of drug-likeness (QED) is 0.654. The van der Waals surface area contributed by atoms with E-state index in [4.69, 9.17) is 0 Å². The SMILES string of the molecule is CCCCCCC(C)N1CCC(NC(C)C)C1. The highest BCUT2D eigenvalue weighted by molar-refractivity contribution is 4.84. The molecular weight excluding hydrogens is 208 g/mol. The molecule has 1 aliphatic heterocycles. The van der Waals surface area contributed by atoms with Gasteiger partial charge in [0.15, 0.2) is 0 Å². The van der Waals surface area contributed by atoms with Gasteiger partial charge in [0.05, 0.1) is 0 Å². The Labute approximate surface area is 108 Å². The second kappa shape index (κ2) is 8.10. The average Bonchev–Trinajstić information content (AvgIpc) is 2.71. The molecule has 1 N–H and O–H groups in total. The van der Waals surface area contributed by atoms with Crippen LogP contribution in [0.1, 0.15) is 66.2 Å². The van der Waals surface area contributed by atoms with Gasteiger partial charge in [-0.1, -0.05) is 46.5 Å². The van der Waals surface area contributed by atoms with Gasteiger partial charge in [0.2, 0.25) is 0 Å². The van der Waals surface area contributed by atoms with Gasteiger partial charge in [0.1, 0.15) is 0 Å². The summed E-state index contributed by atoms with van der Waals surface area (Å²) in [5.74, 6) is 0. The molecular formula is C15H32N2. The first-order chi connectivity index (χ1) is 8.13. The lowest BCUT2D eigenvalue weighted by molar-refractivity contribution is 0.235. The summed E-state index contributed by atoms with van der Waals surface area (Å²) in [6, 6.07) is 2.14. The first kappa shape index (κ1) is 15.0. The van der Waals surface area contributed by atoms with E-state index in [0.717, 1.165) is 12.1 Å². The van der Waals surface area contributed by atoms with Crippen LogP contribution in [0.15, 0.2) is 0 Å². The minimum atomic E-state index is 0.625. The number of unbranched alkanes of at least 4 members (excludes halogenated alkanes) is 3. The van der Waals surface area contributed by atoms with Gasteiger partial charge in [-0.15, -0.1) is 0 Å². The van der Waals surface area contributed by atoms with Crippen LogP contribution < -0.4 is 5.32 Å². The van der Waals surface area contributed by atoms with E-state index in [1.807, 2.05) is 0 Å². The Bertz CT molecular complexity index is 191. The molecule has 2 unspecified atom stereocenters. The Morgan fingerprint density at radius 2 is 1.94 bits per heavy atom. The molecule has 2 atom stereocenters. The minimum Gasteiger partial charge on any atom is -0.310 e. The summed E-state index contributed by atoms with van der Waals surface area (Å²) in [4.78, 5) is 2.67. The van der Waals surface area contributed by atoms with Crippen molar-refractivity contribution in [2.45, 2.75) is 84.3 Å². The lowest BCUT2D eigenvalue weighted by atomic mass is 10.1. The zero-order valence-corrected chi connectivity index (χ0v) is 12.3. The van der Waals surface area contributed by atoms with Crippen molar-refractivity contribution >= 4 is 0 Å². The third-order valence-corrected chi connectivity index (χ3v) is 3.89. The Morgan fingerprint density at radius 1 is 1.18 bits per heavy atom. The fourth-order valence-electron chi connectivity index (χ4n) is 2.84. The van der Waals surface area contributed by atoms with Crippen LogP contribution in [0.2, 0.25) is 0 Å². The molecule has 1 fully saturated rings. The first-order valence-electron chi connectivity index (χ1n) is 7.63. The highest BCUT2D eigenvalue weighted by atomic mass is 15.2. The monoisotopic (exact) mass is 240 g/mol. The number of likely N-dealkylation sites (tertiary alicyclic amines) is 1. The topological polar surface area (TPSA) is 15.3 Å². The fraction of sp³-hybridized carbons (Fsp3) is 1.00. The average molecular weight is 240 g/mol. The van der Waals surface area contributed by atoms with Crippen molar-refractivity contribution in [1.29, 1.82) is 0 Å². The van der Waals surface area contributed by atoms with Crippen LogP contribution in [0.3, 0.4) is 0 Å². The van der Waals surface area contributed by atoms with Gasteiger partial charge in [-0.2, -0.15) is 0 Å². The zero-order chi connectivity index (χ0) is 12.7. The molecule has 0 radical (unpaired) electrons. The molecule has 0 aliphatic carbocycles. The van der Waals surface area contributed by atoms with E-state index in [2.05, 4.69) is 37.9 Å². The Morgan fingerprint density at radius 3 is 2.59 bits per heavy atom. The van der Waals surface area contributed by atoms with Crippen molar-refractivity contribution in [3.05, 3.63) is 0 Å². The van der Waals surface area contributed by atoms with Crippen molar-refractivity contribution in [2.24, 2.45) is 0 Å². The van der Waals surface area contributed by atoms with Crippen molar-refractivity contribution < 1.29 is 0 Å². The maximum atomic E-state index is 3.66. The maximum Gasteiger partial charge on any atom is 0.0209 e. The van der Waals surface area contributed by atoms with Gasteiger partial charge in [-0.3, -0.25) is 4.90 Å². The first-order valence-corrected chi connectivity index (χ1v) is 7.63. The van der Waals surface area contributed by atoms with Crippen LogP contribution in [0.25, 0.3) is 0 Å². The maximum absolute atomic E-state index is 3.66. The summed E-state index contributed by atoms with van der Waals surface area (Å²) >= 11 is 0. The van der Waals surface area contributed by atoms with Gasteiger partial charge in [-0.25, -0.2) is 0 Å². The summed E-state index contributed by atoms with van der Waals surface area (Å²) in [5, 5.41) is 3.66. The van der Waals surface area contributed by atoms with E-state index in [1.54, 1.807) is 0 Å². The number of nitrogens with one attached hydrogen (secondary N) is 1. The van der Waals surface area contributed by atoms with Gasteiger partial charge >= 0.3 is 0 Å². The summed E-state index contributed by atoms with van der Waals surface area (Å²) in [6.45, 7) is 11.7. The molecule has 0 saturated carbocycles. The normalized spacial score (nSPS) is 23.5. The third-order valence-electron chi connectivity index (χ3n) is 3.89. The Kier molecular flexibility index (Phi) is 7.14. The standard InChI is InChI=1S/C15H32N2/c1-5-6-7-8-9-14(4)17-11-10-15(12-17)16-13(2)3/h13-16H,5-12H2,1-4H3. The molecule has 2 nitrogen and oxygen atoms in total. The second-order valence-corrected chi connectivity index (χ2v) is 6.00. The molecule has 17 heavy (non-hydrogen) atoms. The van der Waals surface area contributed by atoms with E-state index in [1.165, 1.54) is 51.6 Å². The number of hydrogen-bond acceptors (Lipinski definition) is 2. The number of hydrogen-bond donors (Lipinski definition) is 1. The highest BCUT2D eigenvalue weighted by Gasteiger charge is 2.25.